The van der Waals surface area contributed by atoms with Crippen molar-refractivity contribution in [2.75, 3.05) is 0 Å². The number of ether oxygens (including phenoxy) is 2. The summed E-state index contributed by atoms with van der Waals surface area (Å²) in [6.45, 7) is 7.55. The number of benzene rings is 2. The van der Waals surface area contributed by atoms with Gasteiger partial charge in [-0.3, -0.25) is 4.79 Å². The number of halogens is 1. The molecule has 24 heavy (non-hydrogen) atoms. The summed E-state index contributed by atoms with van der Waals surface area (Å²) >= 11 is 0. The number of carbonyl (C=O) groups excluding carboxylic acids is 1. The third-order valence-corrected chi connectivity index (χ3v) is 3.81. The lowest BCUT2D eigenvalue weighted by Gasteiger charge is -2.29. The van der Waals surface area contributed by atoms with E-state index in [0.29, 0.717) is 0 Å². The first-order chi connectivity index (χ1) is 10.9. The SMILES string of the molecule is CC(C)[C@@H](Oc1cccc2ccccc12)[C@H](C)OC(=O)[C@H](C)N.Cl. The minimum Gasteiger partial charge on any atom is -0.486 e. The number of esters is 1. The van der Waals surface area contributed by atoms with Crippen molar-refractivity contribution in [3.63, 3.8) is 0 Å². The fraction of sp³-hybridized carbons (Fsp3) is 0.421. The number of rotatable bonds is 6. The van der Waals surface area contributed by atoms with Crippen molar-refractivity contribution in [2.24, 2.45) is 11.7 Å². The summed E-state index contributed by atoms with van der Waals surface area (Å²) in [5.74, 6) is 0.569. The Morgan fingerprint density at radius 3 is 2.25 bits per heavy atom. The molecule has 0 heterocycles. The summed E-state index contributed by atoms with van der Waals surface area (Å²) in [6, 6.07) is 13.4. The van der Waals surface area contributed by atoms with Crippen LogP contribution in [0.15, 0.2) is 42.5 Å². The van der Waals surface area contributed by atoms with Gasteiger partial charge in [0.25, 0.3) is 0 Å². The third-order valence-electron chi connectivity index (χ3n) is 3.81. The quantitative estimate of drug-likeness (QED) is 0.800. The van der Waals surface area contributed by atoms with Gasteiger partial charge >= 0.3 is 5.97 Å². The van der Waals surface area contributed by atoms with Crippen molar-refractivity contribution in [2.45, 2.75) is 45.9 Å². The number of carbonyl (C=O) groups is 1. The van der Waals surface area contributed by atoms with Gasteiger partial charge in [-0.05, 0) is 31.2 Å². The average Bonchev–Trinajstić information content (AvgIpc) is 2.52. The summed E-state index contributed by atoms with van der Waals surface area (Å²) in [5.41, 5.74) is 5.57. The second kappa shape index (κ2) is 8.90. The van der Waals surface area contributed by atoms with E-state index >= 15 is 0 Å². The molecule has 0 aliphatic carbocycles. The standard InChI is InChI=1S/C19H25NO3.ClH/c1-12(2)18(14(4)22-19(21)13(3)20)23-17-11-7-9-15-8-5-6-10-16(15)17;/h5-14,18H,20H2,1-4H3;1H/t13-,14-,18+;/m0./s1. The van der Waals surface area contributed by atoms with Gasteiger partial charge < -0.3 is 15.2 Å². The normalized spacial score (nSPS) is 14.6. The first-order valence-electron chi connectivity index (χ1n) is 8.00. The molecule has 3 atom stereocenters. The van der Waals surface area contributed by atoms with Crippen LogP contribution < -0.4 is 10.5 Å². The van der Waals surface area contributed by atoms with Gasteiger partial charge in [-0.25, -0.2) is 0 Å². The van der Waals surface area contributed by atoms with Gasteiger partial charge in [0, 0.05) is 5.39 Å². The van der Waals surface area contributed by atoms with Gasteiger partial charge in [0.2, 0.25) is 0 Å². The second-order valence-electron chi connectivity index (χ2n) is 6.23. The first-order valence-corrected chi connectivity index (χ1v) is 8.00. The van der Waals surface area contributed by atoms with E-state index < -0.39 is 12.0 Å². The highest BCUT2D eigenvalue weighted by molar-refractivity contribution is 5.88. The van der Waals surface area contributed by atoms with Crippen LogP contribution in [0.1, 0.15) is 27.7 Å². The molecule has 0 radical (unpaired) electrons. The van der Waals surface area contributed by atoms with Crippen LogP contribution in [0.5, 0.6) is 5.75 Å². The van der Waals surface area contributed by atoms with Crippen molar-refractivity contribution < 1.29 is 14.3 Å². The Labute approximate surface area is 149 Å². The lowest BCUT2D eigenvalue weighted by Crippen LogP contribution is -2.41. The maximum atomic E-state index is 11.7. The van der Waals surface area contributed by atoms with Gasteiger partial charge in [0.1, 0.15) is 24.0 Å². The molecule has 0 aromatic heterocycles. The molecule has 2 rings (SSSR count). The van der Waals surface area contributed by atoms with E-state index in [1.165, 1.54) is 0 Å². The minimum absolute atomic E-state index is 0. The van der Waals surface area contributed by atoms with E-state index in [0.717, 1.165) is 16.5 Å². The van der Waals surface area contributed by atoms with Crippen molar-refractivity contribution >= 4 is 29.1 Å². The predicted molar refractivity (Wildman–Crippen MR) is 99.7 cm³/mol. The summed E-state index contributed by atoms with van der Waals surface area (Å²) in [6.07, 6.45) is -0.629. The summed E-state index contributed by atoms with van der Waals surface area (Å²) in [5, 5.41) is 2.17. The highest BCUT2D eigenvalue weighted by Crippen LogP contribution is 2.28. The zero-order valence-electron chi connectivity index (χ0n) is 14.6. The number of hydrogen-bond donors (Lipinski definition) is 1. The van der Waals surface area contributed by atoms with Crippen LogP contribution in [0, 0.1) is 5.92 Å². The van der Waals surface area contributed by atoms with Crippen LogP contribution in [0.25, 0.3) is 10.8 Å². The summed E-state index contributed by atoms with van der Waals surface area (Å²) < 4.78 is 11.6. The Morgan fingerprint density at radius 2 is 1.62 bits per heavy atom. The highest BCUT2D eigenvalue weighted by atomic mass is 35.5. The Kier molecular flexibility index (Phi) is 7.52. The van der Waals surface area contributed by atoms with Crippen LogP contribution in [-0.2, 0) is 9.53 Å². The van der Waals surface area contributed by atoms with E-state index in [-0.39, 0.29) is 30.5 Å². The Hall–Kier alpha value is -1.78. The minimum atomic E-state index is -0.636. The van der Waals surface area contributed by atoms with Gasteiger partial charge in [-0.2, -0.15) is 0 Å². The Morgan fingerprint density at radius 1 is 1.00 bits per heavy atom. The van der Waals surface area contributed by atoms with Gasteiger partial charge in [-0.1, -0.05) is 50.2 Å². The van der Waals surface area contributed by atoms with E-state index in [1.807, 2.05) is 63.2 Å². The lowest BCUT2D eigenvalue weighted by atomic mass is 10.0. The van der Waals surface area contributed by atoms with E-state index in [2.05, 4.69) is 0 Å². The predicted octanol–water partition coefficient (Wildman–Crippen LogP) is 3.94. The molecule has 5 heteroatoms. The molecule has 2 aromatic rings. The first kappa shape index (κ1) is 20.3. The van der Waals surface area contributed by atoms with Crippen LogP contribution >= 0.6 is 12.4 Å². The van der Waals surface area contributed by atoms with Crippen molar-refractivity contribution in [3.05, 3.63) is 42.5 Å². The fourth-order valence-corrected chi connectivity index (χ4v) is 2.58. The van der Waals surface area contributed by atoms with Gasteiger partial charge in [0.15, 0.2) is 0 Å². The molecular weight excluding hydrogens is 326 g/mol. The molecule has 0 spiro atoms. The molecule has 132 valence electrons. The smallest absolute Gasteiger partial charge is 0.323 e. The van der Waals surface area contributed by atoms with Gasteiger partial charge in [0.05, 0.1) is 0 Å². The van der Waals surface area contributed by atoms with Crippen molar-refractivity contribution in [1.29, 1.82) is 0 Å². The molecular formula is C19H26ClNO3. The molecule has 0 aliphatic heterocycles. The van der Waals surface area contributed by atoms with Crippen LogP contribution in [0.2, 0.25) is 0 Å². The molecule has 0 saturated carbocycles. The zero-order chi connectivity index (χ0) is 17.0. The molecule has 0 aliphatic rings. The zero-order valence-corrected chi connectivity index (χ0v) is 15.4. The summed E-state index contributed by atoms with van der Waals surface area (Å²) in [7, 11) is 0. The lowest BCUT2D eigenvalue weighted by molar-refractivity contribution is -0.155. The average molecular weight is 352 g/mol. The molecule has 0 fully saturated rings. The number of hydrogen-bond acceptors (Lipinski definition) is 4. The highest BCUT2D eigenvalue weighted by Gasteiger charge is 2.27. The molecule has 0 saturated heterocycles. The monoisotopic (exact) mass is 351 g/mol. The number of fused-ring (bicyclic) bond motifs is 1. The topological polar surface area (TPSA) is 61.5 Å². The van der Waals surface area contributed by atoms with E-state index in [4.69, 9.17) is 15.2 Å². The molecule has 0 amide bonds. The van der Waals surface area contributed by atoms with Crippen LogP contribution in [-0.4, -0.2) is 24.2 Å². The van der Waals surface area contributed by atoms with Crippen LogP contribution in [0.4, 0.5) is 0 Å². The maximum Gasteiger partial charge on any atom is 0.323 e. The number of nitrogens with two attached hydrogens (primary N) is 1. The van der Waals surface area contributed by atoms with Crippen molar-refractivity contribution in [1.82, 2.24) is 0 Å². The van der Waals surface area contributed by atoms with Gasteiger partial charge in [-0.15, -0.1) is 12.4 Å². The molecule has 2 aromatic carbocycles. The summed E-state index contributed by atoms with van der Waals surface area (Å²) in [4.78, 5) is 11.7. The largest absolute Gasteiger partial charge is 0.486 e. The third kappa shape index (κ3) is 4.86. The van der Waals surface area contributed by atoms with Crippen molar-refractivity contribution in [3.8, 4) is 5.75 Å². The van der Waals surface area contributed by atoms with E-state index in [9.17, 15) is 4.79 Å². The molecule has 0 bridgehead atoms. The fourth-order valence-electron chi connectivity index (χ4n) is 2.58. The maximum absolute atomic E-state index is 11.7. The molecule has 2 N–H and O–H groups in total. The second-order valence-corrected chi connectivity index (χ2v) is 6.23. The Balaban J connectivity index is 0.00000288. The van der Waals surface area contributed by atoms with E-state index in [1.54, 1.807) is 6.92 Å². The molecule has 0 unspecified atom stereocenters. The molecule has 4 nitrogen and oxygen atoms in total. The Bertz CT molecular complexity index is 667. The van der Waals surface area contributed by atoms with Crippen LogP contribution in [0.3, 0.4) is 0 Å².